The summed E-state index contributed by atoms with van der Waals surface area (Å²) in [5, 5.41) is 9.25. The van der Waals surface area contributed by atoms with Gasteiger partial charge in [0.1, 0.15) is 0 Å². The average molecular weight is 210 g/mol. The van der Waals surface area contributed by atoms with Crippen LogP contribution in [0.2, 0.25) is 0 Å². The van der Waals surface area contributed by atoms with E-state index in [1.807, 2.05) is 0 Å². The second kappa shape index (κ2) is 5.34. The monoisotopic (exact) mass is 210 g/mol. The molecule has 2 saturated carbocycles. The van der Waals surface area contributed by atoms with E-state index >= 15 is 0 Å². The lowest BCUT2D eigenvalue weighted by atomic mass is 9.69. The molecule has 0 amide bonds. The molecule has 1 heteroatoms. The zero-order chi connectivity index (χ0) is 10.7. The molecule has 0 spiro atoms. The standard InChI is InChI=1S/C14H26O/c1-11-5-7-13(8-6-11)14-4-2-3-12(9-14)10-15/h11-15H,2-10H2,1H3. The molecule has 0 aromatic rings. The minimum atomic E-state index is 0.430. The van der Waals surface area contributed by atoms with Gasteiger partial charge in [-0.15, -0.1) is 0 Å². The lowest BCUT2D eigenvalue weighted by Gasteiger charge is -2.37. The van der Waals surface area contributed by atoms with E-state index < -0.39 is 0 Å². The van der Waals surface area contributed by atoms with Gasteiger partial charge in [0.05, 0.1) is 0 Å². The predicted octanol–water partition coefficient (Wildman–Crippen LogP) is 3.61. The number of hydrogen-bond donors (Lipinski definition) is 1. The zero-order valence-electron chi connectivity index (χ0n) is 10.1. The molecule has 0 heterocycles. The molecule has 0 aromatic carbocycles. The third kappa shape index (κ3) is 2.96. The Morgan fingerprint density at radius 1 is 0.933 bits per heavy atom. The first-order valence-corrected chi connectivity index (χ1v) is 6.90. The van der Waals surface area contributed by atoms with E-state index in [-0.39, 0.29) is 0 Å². The summed E-state index contributed by atoms with van der Waals surface area (Å²) in [7, 11) is 0. The normalized spacial score (nSPS) is 42.8. The van der Waals surface area contributed by atoms with Gasteiger partial charge < -0.3 is 5.11 Å². The Kier molecular flexibility index (Phi) is 4.07. The number of aliphatic hydroxyl groups excluding tert-OH is 1. The van der Waals surface area contributed by atoms with Gasteiger partial charge in [0, 0.05) is 6.61 Å². The molecule has 88 valence electrons. The molecule has 0 bridgehead atoms. The maximum absolute atomic E-state index is 9.25. The predicted molar refractivity (Wildman–Crippen MR) is 63.7 cm³/mol. The van der Waals surface area contributed by atoms with Gasteiger partial charge in [-0.1, -0.05) is 32.6 Å². The highest BCUT2D eigenvalue weighted by Crippen LogP contribution is 2.41. The fraction of sp³-hybridized carbons (Fsp3) is 1.00. The summed E-state index contributed by atoms with van der Waals surface area (Å²) in [6.07, 6.45) is 11.2. The number of hydrogen-bond acceptors (Lipinski definition) is 1. The molecule has 15 heavy (non-hydrogen) atoms. The Bertz CT molecular complexity index is 182. The van der Waals surface area contributed by atoms with Crippen molar-refractivity contribution in [3.05, 3.63) is 0 Å². The van der Waals surface area contributed by atoms with Crippen LogP contribution in [-0.2, 0) is 0 Å². The van der Waals surface area contributed by atoms with Crippen LogP contribution in [-0.4, -0.2) is 11.7 Å². The van der Waals surface area contributed by atoms with Crippen LogP contribution in [0.25, 0.3) is 0 Å². The molecule has 2 fully saturated rings. The van der Waals surface area contributed by atoms with Gasteiger partial charge in [0.2, 0.25) is 0 Å². The second-order valence-electron chi connectivity index (χ2n) is 6.00. The summed E-state index contributed by atoms with van der Waals surface area (Å²) in [5.74, 6) is 3.54. The van der Waals surface area contributed by atoms with Gasteiger partial charge in [-0.05, 0) is 49.4 Å². The van der Waals surface area contributed by atoms with Gasteiger partial charge in [0.15, 0.2) is 0 Å². The van der Waals surface area contributed by atoms with Crippen molar-refractivity contribution < 1.29 is 5.11 Å². The van der Waals surface area contributed by atoms with Crippen molar-refractivity contribution in [2.45, 2.75) is 58.3 Å². The van der Waals surface area contributed by atoms with E-state index in [2.05, 4.69) is 6.92 Å². The lowest BCUT2D eigenvalue weighted by Crippen LogP contribution is -2.27. The van der Waals surface area contributed by atoms with Crippen LogP contribution in [0.1, 0.15) is 58.3 Å². The zero-order valence-corrected chi connectivity index (χ0v) is 10.1. The lowest BCUT2D eigenvalue weighted by molar-refractivity contribution is 0.108. The third-order valence-corrected chi connectivity index (χ3v) is 4.81. The fourth-order valence-electron chi connectivity index (χ4n) is 3.68. The SMILES string of the molecule is CC1CCC(C2CCCC(CO)C2)CC1. The van der Waals surface area contributed by atoms with Crippen molar-refractivity contribution in [1.29, 1.82) is 0 Å². The minimum absolute atomic E-state index is 0.430. The molecule has 2 unspecified atom stereocenters. The highest BCUT2D eigenvalue weighted by atomic mass is 16.3. The first kappa shape index (κ1) is 11.4. The maximum atomic E-state index is 9.25. The Morgan fingerprint density at radius 2 is 1.67 bits per heavy atom. The summed E-state index contributed by atoms with van der Waals surface area (Å²) in [6.45, 7) is 2.83. The number of aliphatic hydroxyl groups is 1. The molecule has 2 aliphatic rings. The average Bonchev–Trinajstić information content (AvgIpc) is 2.30. The largest absolute Gasteiger partial charge is 0.396 e. The van der Waals surface area contributed by atoms with Crippen LogP contribution in [0.3, 0.4) is 0 Å². The summed E-state index contributed by atoms with van der Waals surface area (Å²) < 4.78 is 0. The second-order valence-corrected chi connectivity index (χ2v) is 6.00. The van der Waals surface area contributed by atoms with Crippen LogP contribution in [0.5, 0.6) is 0 Å². The Morgan fingerprint density at radius 3 is 2.33 bits per heavy atom. The molecule has 1 N–H and O–H groups in total. The fourth-order valence-corrected chi connectivity index (χ4v) is 3.68. The van der Waals surface area contributed by atoms with E-state index in [4.69, 9.17) is 0 Å². The highest BCUT2D eigenvalue weighted by Gasteiger charge is 2.30. The molecule has 1 nitrogen and oxygen atoms in total. The smallest absolute Gasteiger partial charge is 0.0459 e. The van der Waals surface area contributed by atoms with Crippen LogP contribution < -0.4 is 0 Å². The van der Waals surface area contributed by atoms with Crippen molar-refractivity contribution in [1.82, 2.24) is 0 Å². The number of rotatable bonds is 2. The van der Waals surface area contributed by atoms with E-state index in [0.29, 0.717) is 12.5 Å². The Balaban J connectivity index is 1.82. The maximum Gasteiger partial charge on any atom is 0.0459 e. The minimum Gasteiger partial charge on any atom is -0.396 e. The van der Waals surface area contributed by atoms with Crippen LogP contribution in [0.4, 0.5) is 0 Å². The quantitative estimate of drug-likeness (QED) is 0.738. The van der Waals surface area contributed by atoms with Crippen molar-refractivity contribution in [2.24, 2.45) is 23.7 Å². The summed E-state index contributed by atoms with van der Waals surface area (Å²) in [6, 6.07) is 0. The molecule has 0 aromatic heterocycles. The van der Waals surface area contributed by atoms with Gasteiger partial charge in [-0.3, -0.25) is 0 Å². The van der Waals surface area contributed by atoms with Crippen molar-refractivity contribution in [3.63, 3.8) is 0 Å². The molecule has 2 aliphatic carbocycles. The molecular weight excluding hydrogens is 184 g/mol. The van der Waals surface area contributed by atoms with Crippen LogP contribution in [0, 0.1) is 23.7 Å². The Labute approximate surface area is 94.3 Å². The summed E-state index contributed by atoms with van der Waals surface area (Å²) in [5.41, 5.74) is 0. The topological polar surface area (TPSA) is 20.2 Å². The molecule has 0 saturated heterocycles. The van der Waals surface area contributed by atoms with E-state index in [1.54, 1.807) is 0 Å². The highest BCUT2D eigenvalue weighted by molar-refractivity contribution is 4.81. The van der Waals surface area contributed by atoms with Gasteiger partial charge >= 0.3 is 0 Å². The third-order valence-electron chi connectivity index (χ3n) is 4.81. The molecule has 0 radical (unpaired) electrons. The van der Waals surface area contributed by atoms with Crippen LogP contribution >= 0.6 is 0 Å². The van der Waals surface area contributed by atoms with Crippen molar-refractivity contribution in [3.8, 4) is 0 Å². The van der Waals surface area contributed by atoms with E-state index in [1.165, 1.54) is 51.4 Å². The molecule has 2 rings (SSSR count). The Hall–Kier alpha value is -0.0400. The van der Waals surface area contributed by atoms with Gasteiger partial charge in [-0.25, -0.2) is 0 Å². The molecule has 2 atom stereocenters. The van der Waals surface area contributed by atoms with E-state index in [0.717, 1.165) is 17.8 Å². The summed E-state index contributed by atoms with van der Waals surface area (Å²) in [4.78, 5) is 0. The summed E-state index contributed by atoms with van der Waals surface area (Å²) >= 11 is 0. The van der Waals surface area contributed by atoms with Gasteiger partial charge in [0.25, 0.3) is 0 Å². The van der Waals surface area contributed by atoms with Crippen molar-refractivity contribution >= 4 is 0 Å². The first-order chi connectivity index (χ1) is 7.29. The van der Waals surface area contributed by atoms with E-state index in [9.17, 15) is 5.11 Å². The first-order valence-electron chi connectivity index (χ1n) is 6.90. The molecule has 0 aliphatic heterocycles. The molecular formula is C14H26O. The van der Waals surface area contributed by atoms with Gasteiger partial charge in [-0.2, -0.15) is 0 Å². The van der Waals surface area contributed by atoms with Crippen LogP contribution in [0.15, 0.2) is 0 Å². The van der Waals surface area contributed by atoms with Crippen molar-refractivity contribution in [2.75, 3.05) is 6.61 Å².